The van der Waals surface area contributed by atoms with Gasteiger partial charge in [0.25, 0.3) is 5.91 Å². The highest BCUT2D eigenvalue weighted by molar-refractivity contribution is 8.00. The van der Waals surface area contributed by atoms with E-state index in [4.69, 9.17) is 23.2 Å². The maximum Gasteiger partial charge on any atom is 0.255 e. The smallest absolute Gasteiger partial charge is 0.255 e. The predicted octanol–water partition coefficient (Wildman–Crippen LogP) is 3.60. The molecule has 2 amide bonds. The Hall–Kier alpha value is -0.950. The van der Waals surface area contributed by atoms with Gasteiger partial charge in [0.05, 0.1) is 15.4 Å². The lowest BCUT2D eigenvalue weighted by Gasteiger charge is -2.30. The van der Waals surface area contributed by atoms with Crippen molar-refractivity contribution in [2.24, 2.45) is 5.92 Å². The van der Waals surface area contributed by atoms with Crippen LogP contribution in [0.1, 0.15) is 30.6 Å². The van der Waals surface area contributed by atoms with Crippen molar-refractivity contribution in [1.29, 1.82) is 0 Å². The topological polar surface area (TPSA) is 52.7 Å². The fourth-order valence-corrected chi connectivity index (χ4v) is 4.86. The molecular weight excluding hydrogens is 405 g/mol. The molecule has 5 nitrogen and oxygen atoms in total. The Morgan fingerprint density at radius 2 is 2.00 bits per heavy atom. The van der Waals surface area contributed by atoms with Gasteiger partial charge in [0, 0.05) is 24.4 Å². The van der Waals surface area contributed by atoms with Crippen molar-refractivity contribution in [3.8, 4) is 0 Å². The van der Waals surface area contributed by atoms with E-state index in [0.717, 1.165) is 13.0 Å². The Balaban J connectivity index is 2.21. The molecule has 1 aromatic carbocycles. The molecule has 27 heavy (non-hydrogen) atoms. The number of halogens is 2. The first-order valence-corrected chi connectivity index (χ1v) is 10.8. The molecule has 0 radical (unpaired) electrons. The van der Waals surface area contributed by atoms with Crippen LogP contribution in [-0.2, 0) is 4.79 Å². The predicted molar refractivity (Wildman–Crippen MR) is 114 cm³/mol. The molecule has 0 aromatic heterocycles. The number of nitrogens with one attached hydrogen (secondary N) is 1. The van der Waals surface area contributed by atoms with Crippen molar-refractivity contribution in [3.63, 3.8) is 0 Å². The molecule has 150 valence electrons. The molecule has 2 unspecified atom stereocenters. The summed E-state index contributed by atoms with van der Waals surface area (Å²) in [7, 11) is 3.91. The minimum absolute atomic E-state index is 0.0310. The molecule has 1 aliphatic heterocycles. The molecular formula is C19H27Cl2N3O2S. The van der Waals surface area contributed by atoms with Crippen molar-refractivity contribution in [2.45, 2.75) is 31.7 Å². The first-order chi connectivity index (χ1) is 12.7. The summed E-state index contributed by atoms with van der Waals surface area (Å²) in [6, 6.07) is 4.36. The summed E-state index contributed by atoms with van der Waals surface area (Å²) in [5.74, 6) is 0.723. The van der Waals surface area contributed by atoms with E-state index in [1.165, 1.54) is 0 Å². The lowest BCUT2D eigenvalue weighted by molar-refractivity contribution is -0.124. The van der Waals surface area contributed by atoms with E-state index in [2.05, 4.69) is 19.2 Å². The maximum atomic E-state index is 13.2. The highest BCUT2D eigenvalue weighted by atomic mass is 35.5. The van der Waals surface area contributed by atoms with Gasteiger partial charge in [0.2, 0.25) is 5.91 Å². The van der Waals surface area contributed by atoms with Crippen LogP contribution in [0.15, 0.2) is 18.2 Å². The minimum atomic E-state index is -0.483. The summed E-state index contributed by atoms with van der Waals surface area (Å²) in [5.41, 5.74) is 0.451. The molecule has 1 heterocycles. The molecule has 0 saturated carbocycles. The number of carbonyl (C=O) groups excluding carboxylic acids is 2. The third-order valence-electron chi connectivity index (χ3n) is 4.33. The Morgan fingerprint density at radius 3 is 2.59 bits per heavy atom. The number of nitrogens with zero attached hydrogens (tertiary/aromatic N) is 2. The van der Waals surface area contributed by atoms with Crippen molar-refractivity contribution in [2.75, 3.05) is 32.9 Å². The van der Waals surface area contributed by atoms with Gasteiger partial charge in [0.15, 0.2) is 0 Å². The molecule has 1 saturated heterocycles. The van der Waals surface area contributed by atoms with E-state index in [1.807, 2.05) is 19.0 Å². The number of amides is 2. The molecule has 2 atom stereocenters. The number of benzene rings is 1. The third kappa shape index (κ3) is 6.01. The number of rotatable bonds is 7. The summed E-state index contributed by atoms with van der Waals surface area (Å²) in [6.45, 7) is 5.54. The molecule has 1 aliphatic rings. The van der Waals surface area contributed by atoms with Crippen molar-refractivity contribution < 1.29 is 9.59 Å². The molecule has 1 aromatic rings. The van der Waals surface area contributed by atoms with Crippen LogP contribution in [-0.4, -0.2) is 66.0 Å². The molecule has 0 aliphatic carbocycles. The Bertz CT molecular complexity index is 685. The summed E-state index contributed by atoms with van der Waals surface area (Å²) < 4.78 is 0. The van der Waals surface area contributed by atoms with Gasteiger partial charge < -0.3 is 15.1 Å². The van der Waals surface area contributed by atoms with Gasteiger partial charge >= 0.3 is 0 Å². The largest absolute Gasteiger partial charge is 0.353 e. The van der Waals surface area contributed by atoms with Crippen LogP contribution in [0.2, 0.25) is 10.0 Å². The van der Waals surface area contributed by atoms with E-state index in [9.17, 15) is 9.59 Å². The van der Waals surface area contributed by atoms with E-state index in [0.29, 0.717) is 33.8 Å². The second kappa shape index (κ2) is 10.0. The fourth-order valence-electron chi connectivity index (χ4n) is 2.92. The second-order valence-corrected chi connectivity index (χ2v) is 9.39. The zero-order valence-electron chi connectivity index (χ0n) is 16.2. The molecule has 2 rings (SSSR count). The van der Waals surface area contributed by atoms with Crippen LogP contribution in [0.5, 0.6) is 0 Å². The average Bonchev–Trinajstić information content (AvgIpc) is 2.99. The van der Waals surface area contributed by atoms with Crippen LogP contribution in [0, 0.1) is 5.92 Å². The van der Waals surface area contributed by atoms with Crippen molar-refractivity contribution >= 4 is 46.8 Å². The van der Waals surface area contributed by atoms with Crippen LogP contribution < -0.4 is 5.32 Å². The van der Waals surface area contributed by atoms with E-state index in [1.54, 1.807) is 34.9 Å². The zero-order chi connectivity index (χ0) is 20.1. The van der Waals surface area contributed by atoms with E-state index < -0.39 is 6.04 Å². The third-order valence-corrected chi connectivity index (χ3v) is 6.38. The van der Waals surface area contributed by atoms with Crippen LogP contribution in [0.25, 0.3) is 0 Å². The normalized spacial score (nSPS) is 19.8. The highest BCUT2D eigenvalue weighted by Crippen LogP contribution is 2.35. The second-order valence-electron chi connectivity index (χ2n) is 7.37. The number of carbonyl (C=O) groups is 2. The fraction of sp³-hybridized carbons (Fsp3) is 0.579. The lowest BCUT2D eigenvalue weighted by Crippen LogP contribution is -2.50. The van der Waals surface area contributed by atoms with Gasteiger partial charge in [-0.05, 0) is 44.6 Å². The minimum Gasteiger partial charge on any atom is -0.353 e. The Morgan fingerprint density at radius 1 is 1.30 bits per heavy atom. The molecule has 8 heteroatoms. The highest BCUT2D eigenvalue weighted by Gasteiger charge is 2.41. The average molecular weight is 432 g/mol. The van der Waals surface area contributed by atoms with Crippen LogP contribution in [0.3, 0.4) is 0 Å². The first kappa shape index (κ1) is 22.3. The summed E-state index contributed by atoms with van der Waals surface area (Å²) in [6.07, 6.45) is 0.833. The zero-order valence-corrected chi connectivity index (χ0v) is 18.5. The van der Waals surface area contributed by atoms with E-state index in [-0.39, 0.29) is 17.2 Å². The summed E-state index contributed by atoms with van der Waals surface area (Å²) >= 11 is 13.7. The molecule has 0 bridgehead atoms. The Kier molecular flexibility index (Phi) is 8.28. The van der Waals surface area contributed by atoms with Gasteiger partial charge in [0.1, 0.15) is 6.04 Å². The molecule has 1 N–H and O–H groups in total. The quantitative estimate of drug-likeness (QED) is 0.716. The summed E-state index contributed by atoms with van der Waals surface area (Å²) in [5, 5.41) is 3.66. The Labute approximate surface area is 175 Å². The number of likely N-dealkylation sites (N-methyl/N-ethyl adjacent to an activating group) is 1. The standard InChI is InChI=1S/C19H27Cl2N3O2S/c1-12(2)9-17-24(19(26)13-5-6-14(20)15(21)10-13)16(11-27-17)18(25)22-7-8-23(3)4/h5-6,10,12,16-17H,7-9,11H2,1-4H3,(H,22,25). The van der Waals surface area contributed by atoms with Gasteiger partial charge in [-0.3, -0.25) is 9.59 Å². The van der Waals surface area contributed by atoms with Crippen molar-refractivity contribution in [3.05, 3.63) is 33.8 Å². The monoisotopic (exact) mass is 431 g/mol. The van der Waals surface area contributed by atoms with Gasteiger partial charge in [-0.15, -0.1) is 11.8 Å². The number of thioether (sulfide) groups is 1. The number of hydrogen-bond donors (Lipinski definition) is 1. The summed E-state index contributed by atoms with van der Waals surface area (Å²) in [4.78, 5) is 29.7. The lowest BCUT2D eigenvalue weighted by atomic mass is 10.1. The van der Waals surface area contributed by atoms with Crippen molar-refractivity contribution in [1.82, 2.24) is 15.1 Å². The molecule has 1 fully saturated rings. The van der Waals surface area contributed by atoms with Crippen LogP contribution in [0.4, 0.5) is 0 Å². The number of hydrogen-bond acceptors (Lipinski definition) is 4. The van der Waals surface area contributed by atoms with Crippen LogP contribution >= 0.6 is 35.0 Å². The van der Waals surface area contributed by atoms with E-state index >= 15 is 0 Å². The van der Waals surface area contributed by atoms with Gasteiger partial charge in [-0.1, -0.05) is 37.0 Å². The maximum absolute atomic E-state index is 13.2. The first-order valence-electron chi connectivity index (χ1n) is 9.02. The van der Waals surface area contributed by atoms with Gasteiger partial charge in [-0.25, -0.2) is 0 Å². The SMILES string of the molecule is CC(C)CC1SCC(C(=O)NCCN(C)C)N1C(=O)c1ccc(Cl)c(Cl)c1. The van der Waals surface area contributed by atoms with Gasteiger partial charge in [-0.2, -0.15) is 0 Å². The molecule has 0 spiro atoms.